The van der Waals surface area contributed by atoms with Gasteiger partial charge >= 0.3 is 0 Å². The highest BCUT2D eigenvalue weighted by Crippen LogP contribution is 2.25. The Morgan fingerprint density at radius 2 is 1.75 bits per heavy atom. The van der Waals surface area contributed by atoms with Crippen LogP contribution in [0.3, 0.4) is 0 Å². The van der Waals surface area contributed by atoms with Crippen LogP contribution in [0.25, 0.3) is 0 Å². The van der Waals surface area contributed by atoms with Crippen LogP contribution in [-0.4, -0.2) is 19.8 Å². The van der Waals surface area contributed by atoms with Crippen LogP contribution in [0, 0.1) is 0 Å². The molecule has 0 amide bonds. The molecule has 114 valence electrons. The van der Waals surface area contributed by atoms with Gasteiger partial charge in [0, 0.05) is 18.2 Å². The summed E-state index contributed by atoms with van der Waals surface area (Å²) in [5.41, 5.74) is 1.20. The molecule has 0 heterocycles. The molecule has 0 saturated heterocycles. The van der Waals surface area contributed by atoms with Gasteiger partial charge in [-0.1, -0.05) is 32.3 Å². The van der Waals surface area contributed by atoms with Crippen molar-refractivity contribution in [2.45, 2.75) is 53.0 Å². The number of unbranched alkanes of at least 4 members (excludes halogenated alkanes) is 3. The first-order valence-electron chi connectivity index (χ1n) is 7.91. The summed E-state index contributed by atoms with van der Waals surface area (Å²) in [6.07, 6.45) is 5.17. The smallest absolute Gasteiger partial charge is 0.127 e. The maximum atomic E-state index is 5.70. The van der Waals surface area contributed by atoms with E-state index in [1.54, 1.807) is 0 Å². The van der Waals surface area contributed by atoms with Crippen LogP contribution in [0.1, 0.15) is 52.0 Å². The first-order chi connectivity index (χ1) is 9.81. The van der Waals surface area contributed by atoms with Crippen molar-refractivity contribution in [3.8, 4) is 11.5 Å². The van der Waals surface area contributed by atoms with Crippen molar-refractivity contribution in [3.63, 3.8) is 0 Å². The average molecular weight is 279 g/mol. The molecule has 0 spiro atoms. The molecule has 3 nitrogen and oxygen atoms in total. The summed E-state index contributed by atoms with van der Waals surface area (Å²) in [5.74, 6) is 1.81. The highest BCUT2D eigenvalue weighted by Gasteiger charge is 2.05. The Kier molecular flexibility index (Phi) is 8.88. The molecule has 0 aliphatic rings. The molecule has 0 atom stereocenters. The van der Waals surface area contributed by atoms with Crippen LogP contribution in [0.2, 0.25) is 0 Å². The number of hydrogen-bond donors (Lipinski definition) is 1. The zero-order chi connectivity index (χ0) is 14.6. The molecule has 0 unspecified atom stereocenters. The molecule has 20 heavy (non-hydrogen) atoms. The molecule has 0 aliphatic carbocycles. The third kappa shape index (κ3) is 6.29. The molecule has 0 aromatic heterocycles. The SMILES string of the molecule is CCCCCCNCc1ccc(OCC)cc1OCC. The lowest BCUT2D eigenvalue weighted by atomic mass is 10.1. The number of nitrogens with one attached hydrogen (secondary N) is 1. The van der Waals surface area contributed by atoms with Gasteiger partial charge in [0.25, 0.3) is 0 Å². The van der Waals surface area contributed by atoms with E-state index in [9.17, 15) is 0 Å². The first-order valence-corrected chi connectivity index (χ1v) is 7.91. The number of benzene rings is 1. The van der Waals surface area contributed by atoms with Gasteiger partial charge in [0.15, 0.2) is 0 Å². The molecular formula is C17H29NO2. The van der Waals surface area contributed by atoms with E-state index in [2.05, 4.69) is 18.3 Å². The maximum absolute atomic E-state index is 5.70. The van der Waals surface area contributed by atoms with Gasteiger partial charge in [-0.2, -0.15) is 0 Å². The van der Waals surface area contributed by atoms with Gasteiger partial charge in [-0.25, -0.2) is 0 Å². The number of rotatable bonds is 11. The van der Waals surface area contributed by atoms with E-state index in [0.717, 1.165) is 24.6 Å². The predicted octanol–water partition coefficient (Wildman–Crippen LogP) is 4.15. The fourth-order valence-electron chi connectivity index (χ4n) is 2.13. The lowest BCUT2D eigenvalue weighted by Crippen LogP contribution is -2.15. The van der Waals surface area contributed by atoms with Crippen molar-refractivity contribution in [3.05, 3.63) is 23.8 Å². The predicted molar refractivity (Wildman–Crippen MR) is 84.6 cm³/mol. The van der Waals surface area contributed by atoms with E-state index in [1.807, 2.05) is 26.0 Å². The van der Waals surface area contributed by atoms with Crippen molar-refractivity contribution in [2.24, 2.45) is 0 Å². The van der Waals surface area contributed by atoms with Crippen molar-refractivity contribution in [1.29, 1.82) is 0 Å². The van der Waals surface area contributed by atoms with Gasteiger partial charge in [0.2, 0.25) is 0 Å². The normalized spacial score (nSPS) is 10.6. The highest BCUT2D eigenvalue weighted by atomic mass is 16.5. The van der Waals surface area contributed by atoms with Crippen LogP contribution in [0.4, 0.5) is 0 Å². The van der Waals surface area contributed by atoms with Crippen LogP contribution >= 0.6 is 0 Å². The second-order valence-corrected chi connectivity index (χ2v) is 4.87. The van der Waals surface area contributed by atoms with E-state index < -0.39 is 0 Å². The summed E-state index contributed by atoms with van der Waals surface area (Å²) in [5, 5.41) is 3.49. The Bertz CT molecular complexity index is 366. The summed E-state index contributed by atoms with van der Waals surface area (Å²) >= 11 is 0. The molecule has 1 N–H and O–H groups in total. The third-order valence-electron chi connectivity index (χ3n) is 3.17. The fraction of sp³-hybridized carbons (Fsp3) is 0.647. The summed E-state index contributed by atoms with van der Waals surface area (Å²) in [6, 6.07) is 6.09. The minimum atomic E-state index is 0.680. The Hall–Kier alpha value is -1.22. The molecular weight excluding hydrogens is 250 g/mol. The van der Waals surface area contributed by atoms with Gasteiger partial charge in [-0.3, -0.25) is 0 Å². The Morgan fingerprint density at radius 1 is 0.950 bits per heavy atom. The summed E-state index contributed by atoms with van der Waals surface area (Å²) in [7, 11) is 0. The lowest BCUT2D eigenvalue weighted by Gasteiger charge is -2.13. The molecule has 0 fully saturated rings. The molecule has 1 aromatic rings. The Labute approximate surface area is 123 Å². The number of hydrogen-bond acceptors (Lipinski definition) is 3. The summed E-state index contributed by atoms with van der Waals surface area (Å²) in [4.78, 5) is 0. The zero-order valence-corrected chi connectivity index (χ0v) is 13.2. The van der Waals surface area contributed by atoms with E-state index >= 15 is 0 Å². The third-order valence-corrected chi connectivity index (χ3v) is 3.17. The van der Waals surface area contributed by atoms with Crippen molar-refractivity contribution in [2.75, 3.05) is 19.8 Å². The van der Waals surface area contributed by atoms with E-state index in [0.29, 0.717) is 13.2 Å². The van der Waals surface area contributed by atoms with Crippen molar-refractivity contribution in [1.82, 2.24) is 5.32 Å². The topological polar surface area (TPSA) is 30.5 Å². The maximum Gasteiger partial charge on any atom is 0.127 e. The minimum absolute atomic E-state index is 0.680. The minimum Gasteiger partial charge on any atom is -0.494 e. The van der Waals surface area contributed by atoms with Gasteiger partial charge in [-0.05, 0) is 32.9 Å². The van der Waals surface area contributed by atoms with Gasteiger partial charge in [0.05, 0.1) is 13.2 Å². The second-order valence-electron chi connectivity index (χ2n) is 4.87. The van der Waals surface area contributed by atoms with Gasteiger partial charge in [0.1, 0.15) is 11.5 Å². The van der Waals surface area contributed by atoms with E-state index in [4.69, 9.17) is 9.47 Å². The average Bonchev–Trinajstić information content (AvgIpc) is 2.45. The van der Waals surface area contributed by atoms with Gasteiger partial charge < -0.3 is 14.8 Å². The first kappa shape index (κ1) is 16.8. The zero-order valence-electron chi connectivity index (χ0n) is 13.2. The summed E-state index contributed by atoms with van der Waals surface area (Å²) < 4.78 is 11.2. The molecule has 1 rings (SSSR count). The molecule has 0 saturated carbocycles. The van der Waals surface area contributed by atoms with E-state index in [1.165, 1.54) is 31.2 Å². The van der Waals surface area contributed by atoms with Crippen LogP contribution in [-0.2, 0) is 6.54 Å². The molecule has 0 aliphatic heterocycles. The standard InChI is InChI=1S/C17H29NO2/c1-4-7-8-9-12-18-14-15-10-11-16(19-5-2)13-17(15)20-6-3/h10-11,13,18H,4-9,12,14H2,1-3H3. The van der Waals surface area contributed by atoms with Crippen LogP contribution in [0.5, 0.6) is 11.5 Å². The number of ether oxygens (including phenoxy) is 2. The summed E-state index contributed by atoms with van der Waals surface area (Å²) in [6.45, 7) is 9.52. The molecule has 3 heteroatoms. The second kappa shape index (κ2) is 10.6. The fourth-order valence-corrected chi connectivity index (χ4v) is 2.13. The largest absolute Gasteiger partial charge is 0.494 e. The van der Waals surface area contributed by atoms with Crippen molar-refractivity contribution < 1.29 is 9.47 Å². The van der Waals surface area contributed by atoms with E-state index in [-0.39, 0.29) is 0 Å². The lowest BCUT2D eigenvalue weighted by molar-refractivity contribution is 0.320. The quantitative estimate of drug-likeness (QED) is 0.617. The van der Waals surface area contributed by atoms with Crippen LogP contribution < -0.4 is 14.8 Å². The Morgan fingerprint density at radius 3 is 2.45 bits per heavy atom. The monoisotopic (exact) mass is 279 g/mol. The van der Waals surface area contributed by atoms with Crippen molar-refractivity contribution >= 4 is 0 Å². The molecule has 0 bridgehead atoms. The van der Waals surface area contributed by atoms with Gasteiger partial charge in [-0.15, -0.1) is 0 Å². The van der Waals surface area contributed by atoms with Crippen LogP contribution in [0.15, 0.2) is 18.2 Å². The Balaban J connectivity index is 2.46. The molecule has 1 aromatic carbocycles. The molecule has 0 radical (unpaired) electrons. The highest BCUT2D eigenvalue weighted by molar-refractivity contribution is 5.40.